The monoisotopic (exact) mass is 340 g/mol. The molecular weight excluding hydrogens is 332 g/mol. The Kier molecular flexibility index (Phi) is 4.39. The first-order chi connectivity index (χ1) is 9.06. The molecule has 0 bridgehead atoms. The average molecular weight is 342 g/mol. The number of nitrogens with two attached hydrogens (primary N) is 1. The molecule has 0 atom stereocenters. The van der Waals surface area contributed by atoms with Crippen molar-refractivity contribution in [3.63, 3.8) is 0 Å². The topological polar surface area (TPSA) is 65.2 Å². The van der Waals surface area contributed by atoms with Gasteiger partial charge in [0.2, 0.25) is 0 Å². The molecule has 2 rings (SSSR count). The Morgan fingerprint density at radius 3 is 2.79 bits per heavy atom. The van der Waals surface area contributed by atoms with Crippen LogP contribution in [0.3, 0.4) is 0 Å². The molecule has 1 aromatic carbocycles. The van der Waals surface area contributed by atoms with Crippen LogP contribution in [0.4, 0.5) is 5.69 Å². The molecule has 0 aliphatic heterocycles. The summed E-state index contributed by atoms with van der Waals surface area (Å²) in [6, 6.07) is 8.22. The molecule has 2 N–H and O–H groups in total. The van der Waals surface area contributed by atoms with Gasteiger partial charge in [0.1, 0.15) is 6.61 Å². The van der Waals surface area contributed by atoms with Crippen LogP contribution in [0.5, 0.6) is 0 Å². The van der Waals surface area contributed by atoms with Crippen molar-refractivity contribution in [2.75, 3.05) is 5.73 Å². The molecule has 98 valence electrons. The number of pyridine rings is 1. The van der Waals surface area contributed by atoms with E-state index in [0.29, 0.717) is 22.0 Å². The van der Waals surface area contributed by atoms with Crippen LogP contribution in [0.1, 0.15) is 16.1 Å². The Morgan fingerprint density at radius 1 is 1.37 bits per heavy atom. The first kappa shape index (κ1) is 13.8. The van der Waals surface area contributed by atoms with Crippen molar-refractivity contribution in [3.05, 3.63) is 57.3 Å². The summed E-state index contributed by atoms with van der Waals surface area (Å²) in [7, 11) is 0. The highest BCUT2D eigenvalue weighted by molar-refractivity contribution is 9.10. The molecular formula is C13H10BrClN2O2. The number of carbonyl (C=O) groups excluding carboxylic acids is 1. The van der Waals surface area contributed by atoms with Crippen molar-refractivity contribution in [1.82, 2.24) is 4.98 Å². The Balaban J connectivity index is 2.01. The van der Waals surface area contributed by atoms with E-state index in [1.807, 2.05) is 6.07 Å². The van der Waals surface area contributed by atoms with Crippen LogP contribution in [0.25, 0.3) is 0 Å². The summed E-state index contributed by atoms with van der Waals surface area (Å²) in [5.41, 5.74) is 7.02. The molecule has 0 aliphatic carbocycles. The third kappa shape index (κ3) is 3.68. The second kappa shape index (κ2) is 6.04. The van der Waals surface area contributed by atoms with Gasteiger partial charge >= 0.3 is 5.97 Å². The van der Waals surface area contributed by atoms with E-state index >= 15 is 0 Å². The highest BCUT2D eigenvalue weighted by Crippen LogP contribution is 2.20. The SMILES string of the molecule is Nc1ccc(C(=O)OCc2ccc(Br)cn2)cc1Cl. The molecule has 0 spiro atoms. The number of halogens is 2. The number of nitrogens with zero attached hydrogens (tertiary/aromatic N) is 1. The number of esters is 1. The average Bonchev–Trinajstić information content (AvgIpc) is 2.41. The summed E-state index contributed by atoms with van der Waals surface area (Å²) in [5, 5.41) is 0.330. The zero-order chi connectivity index (χ0) is 13.8. The predicted molar refractivity (Wildman–Crippen MR) is 76.9 cm³/mol. The predicted octanol–water partition coefficient (Wildman–Crippen LogP) is 3.44. The summed E-state index contributed by atoms with van der Waals surface area (Å²) >= 11 is 9.12. The van der Waals surface area contributed by atoms with Gasteiger partial charge in [0.05, 0.1) is 22.0 Å². The zero-order valence-electron chi connectivity index (χ0n) is 9.77. The second-order valence-corrected chi connectivity index (χ2v) is 5.10. The molecule has 0 radical (unpaired) electrons. The maximum atomic E-state index is 11.8. The van der Waals surface area contributed by atoms with E-state index in [0.717, 1.165) is 4.47 Å². The van der Waals surface area contributed by atoms with Gasteiger partial charge < -0.3 is 10.5 Å². The Morgan fingerprint density at radius 2 is 2.16 bits per heavy atom. The largest absolute Gasteiger partial charge is 0.456 e. The lowest BCUT2D eigenvalue weighted by atomic mass is 10.2. The smallest absolute Gasteiger partial charge is 0.338 e. The number of ether oxygens (including phenoxy) is 1. The molecule has 0 saturated carbocycles. The third-order valence-electron chi connectivity index (χ3n) is 2.38. The number of aromatic nitrogens is 1. The molecule has 0 saturated heterocycles. The van der Waals surface area contributed by atoms with E-state index in [-0.39, 0.29) is 6.61 Å². The van der Waals surface area contributed by atoms with E-state index in [9.17, 15) is 4.79 Å². The number of rotatable bonds is 3. The first-order valence-corrected chi connectivity index (χ1v) is 6.56. The standard InChI is InChI=1S/C13H10BrClN2O2/c14-9-2-3-10(17-6-9)7-19-13(18)8-1-4-12(16)11(15)5-8/h1-6H,7,16H2. The molecule has 6 heteroatoms. The lowest BCUT2D eigenvalue weighted by molar-refractivity contribution is 0.0468. The minimum Gasteiger partial charge on any atom is -0.456 e. The van der Waals surface area contributed by atoms with E-state index in [1.54, 1.807) is 24.4 Å². The molecule has 1 aromatic heterocycles. The highest BCUT2D eigenvalue weighted by Gasteiger charge is 2.09. The fraction of sp³-hybridized carbons (Fsp3) is 0.0769. The van der Waals surface area contributed by atoms with Gasteiger partial charge in [-0.15, -0.1) is 0 Å². The van der Waals surface area contributed by atoms with E-state index in [4.69, 9.17) is 22.1 Å². The quantitative estimate of drug-likeness (QED) is 0.686. The van der Waals surface area contributed by atoms with Crippen LogP contribution in [-0.4, -0.2) is 11.0 Å². The zero-order valence-corrected chi connectivity index (χ0v) is 12.1. The molecule has 2 aromatic rings. The van der Waals surface area contributed by atoms with Gasteiger partial charge in [0, 0.05) is 10.7 Å². The molecule has 0 amide bonds. The fourth-order valence-corrected chi connectivity index (χ4v) is 1.78. The van der Waals surface area contributed by atoms with Crippen LogP contribution >= 0.6 is 27.5 Å². The lowest BCUT2D eigenvalue weighted by Gasteiger charge is -2.05. The van der Waals surface area contributed by atoms with Gasteiger partial charge in [-0.25, -0.2) is 4.79 Å². The maximum absolute atomic E-state index is 11.8. The van der Waals surface area contributed by atoms with E-state index < -0.39 is 5.97 Å². The second-order valence-electron chi connectivity index (χ2n) is 3.78. The fourth-order valence-electron chi connectivity index (χ4n) is 1.37. The number of anilines is 1. The van der Waals surface area contributed by atoms with Gasteiger partial charge in [-0.2, -0.15) is 0 Å². The Labute approximate surface area is 123 Å². The van der Waals surface area contributed by atoms with Crippen molar-refractivity contribution in [1.29, 1.82) is 0 Å². The first-order valence-electron chi connectivity index (χ1n) is 5.39. The number of nitrogen functional groups attached to an aromatic ring is 1. The number of hydrogen-bond acceptors (Lipinski definition) is 4. The minimum atomic E-state index is -0.466. The summed E-state index contributed by atoms with van der Waals surface area (Å²) in [4.78, 5) is 15.9. The summed E-state index contributed by atoms with van der Waals surface area (Å²) in [6.07, 6.45) is 1.64. The molecule has 1 heterocycles. The van der Waals surface area contributed by atoms with Gasteiger partial charge in [-0.3, -0.25) is 4.98 Å². The number of benzene rings is 1. The summed E-state index contributed by atoms with van der Waals surface area (Å²) in [6.45, 7) is 0.105. The number of carbonyl (C=O) groups is 1. The molecule has 0 unspecified atom stereocenters. The van der Waals surface area contributed by atoms with Crippen molar-refractivity contribution in [3.8, 4) is 0 Å². The van der Waals surface area contributed by atoms with Crippen molar-refractivity contribution in [2.24, 2.45) is 0 Å². The van der Waals surface area contributed by atoms with Crippen LogP contribution in [0.15, 0.2) is 41.0 Å². The van der Waals surface area contributed by atoms with Crippen LogP contribution < -0.4 is 5.73 Å². The van der Waals surface area contributed by atoms with Crippen molar-refractivity contribution >= 4 is 39.2 Å². The molecule has 0 fully saturated rings. The van der Waals surface area contributed by atoms with Gasteiger partial charge in [0.15, 0.2) is 0 Å². The Bertz CT molecular complexity index is 602. The highest BCUT2D eigenvalue weighted by atomic mass is 79.9. The van der Waals surface area contributed by atoms with Crippen LogP contribution in [-0.2, 0) is 11.3 Å². The van der Waals surface area contributed by atoms with Crippen molar-refractivity contribution in [2.45, 2.75) is 6.61 Å². The summed E-state index contributed by atoms with van der Waals surface area (Å²) < 4.78 is 6.00. The molecule has 4 nitrogen and oxygen atoms in total. The van der Waals surface area contributed by atoms with Gasteiger partial charge in [0.25, 0.3) is 0 Å². The number of hydrogen-bond donors (Lipinski definition) is 1. The van der Waals surface area contributed by atoms with Crippen LogP contribution in [0.2, 0.25) is 5.02 Å². The van der Waals surface area contributed by atoms with Crippen LogP contribution in [0, 0.1) is 0 Å². The Hall–Kier alpha value is -1.59. The van der Waals surface area contributed by atoms with Crippen molar-refractivity contribution < 1.29 is 9.53 Å². The molecule has 19 heavy (non-hydrogen) atoms. The minimum absolute atomic E-state index is 0.105. The molecule has 0 aliphatic rings. The van der Waals surface area contributed by atoms with Gasteiger partial charge in [-0.05, 0) is 46.3 Å². The van der Waals surface area contributed by atoms with E-state index in [2.05, 4.69) is 20.9 Å². The van der Waals surface area contributed by atoms with Gasteiger partial charge in [-0.1, -0.05) is 11.6 Å². The normalized spacial score (nSPS) is 10.2. The third-order valence-corrected chi connectivity index (χ3v) is 3.17. The maximum Gasteiger partial charge on any atom is 0.338 e. The summed E-state index contributed by atoms with van der Waals surface area (Å²) in [5.74, 6) is -0.466. The van der Waals surface area contributed by atoms with E-state index in [1.165, 1.54) is 6.07 Å². The lowest BCUT2D eigenvalue weighted by Crippen LogP contribution is -2.06.